The highest BCUT2D eigenvalue weighted by Gasteiger charge is 2.49. The van der Waals surface area contributed by atoms with Gasteiger partial charge in [-0.2, -0.15) is 21.6 Å². The van der Waals surface area contributed by atoms with Crippen LogP contribution < -0.4 is 0 Å². The van der Waals surface area contributed by atoms with E-state index in [1.54, 1.807) is 6.92 Å². The molecule has 1 rings (SSSR count). The highest BCUT2D eigenvalue weighted by atomic mass is 32.2. The van der Waals surface area contributed by atoms with Gasteiger partial charge < -0.3 is 4.18 Å². The molecular formula is C8H11F3O3S. The van der Waals surface area contributed by atoms with Gasteiger partial charge in [-0.1, -0.05) is 13.8 Å². The molecule has 15 heavy (non-hydrogen) atoms. The number of halogens is 3. The molecule has 1 aliphatic carbocycles. The predicted molar refractivity (Wildman–Crippen MR) is 47.1 cm³/mol. The van der Waals surface area contributed by atoms with Crippen LogP contribution in [0, 0.1) is 11.8 Å². The van der Waals surface area contributed by atoms with Gasteiger partial charge >= 0.3 is 15.6 Å². The molecule has 1 aliphatic rings. The fraction of sp³-hybridized carbons (Fsp3) is 0.750. The van der Waals surface area contributed by atoms with Crippen LogP contribution in [0.3, 0.4) is 0 Å². The third-order valence-corrected chi connectivity index (χ3v) is 3.37. The minimum Gasteiger partial charge on any atom is -0.381 e. The van der Waals surface area contributed by atoms with Crippen LogP contribution in [0.2, 0.25) is 0 Å². The molecule has 0 bridgehead atoms. The molecule has 3 nitrogen and oxygen atoms in total. The normalized spacial score (nSPS) is 27.7. The van der Waals surface area contributed by atoms with Crippen molar-refractivity contribution in [2.24, 2.45) is 11.8 Å². The lowest BCUT2D eigenvalue weighted by atomic mass is 10.0. The van der Waals surface area contributed by atoms with Crippen molar-refractivity contribution >= 4 is 10.1 Å². The molecule has 0 spiro atoms. The second-order valence-corrected chi connectivity index (χ2v) is 5.19. The summed E-state index contributed by atoms with van der Waals surface area (Å²) in [6.45, 7) is 3.61. The maximum Gasteiger partial charge on any atom is 0.534 e. The van der Waals surface area contributed by atoms with E-state index in [2.05, 4.69) is 4.18 Å². The van der Waals surface area contributed by atoms with Gasteiger partial charge in [-0.15, -0.1) is 0 Å². The summed E-state index contributed by atoms with van der Waals surface area (Å²) < 4.78 is 61.1. The lowest BCUT2D eigenvalue weighted by Gasteiger charge is -2.10. The van der Waals surface area contributed by atoms with Gasteiger partial charge in [-0.3, -0.25) is 0 Å². The fourth-order valence-corrected chi connectivity index (χ4v) is 1.78. The molecule has 0 aliphatic heterocycles. The first-order valence-electron chi connectivity index (χ1n) is 4.35. The maximum atomic E-state index is 11.9. The Morgan fingerprint density at radius 1 is 1.40 bits per heavy atom. The molecule has 2 atom stereocenters. The Labute approximate surface area is 86.0 Å². The van der Waals surface area contributed by atoms with Crippen LogP contribution >= 0.6 is 0 Å². The van der Waals surface area contributed by atoms with E-state index in [4.69, 9.17) is 0 Å². The Bertz CT molecular complexity index is 369. The Kier molecular flexibility index (Phi) is 3.04. The van der Waals surface area contributed by atoms with Crippen molar-refractivity contribution in [1.29, 1.82) is 0 Å². The van der Waals surface area contributed by atoms with E-state index in [0.29, 0.717) is 0 Å². The van der Waals surface area contributed by atoms with Crippen LogP contribution in [-0.4, -0.2) is 13.9 Å². The molecule has 0 aromatic rings. The van der Waals surface area contributed by atoms with Gasteiger partial charge in [0.15, 0.2) is 0 Å². The molecule has 0 saturated carbocycles. The smallest absolute Gasteiger partial charge is 0.381 e. The third kappa shape index (κ3) is 2.64. The highest BCUT2D eigenvalue weighted by Crippen LogP contribution is 2.34. The standard InChI is InChI=1S/C8H11F3O3S/c1-5-3-7(4-6(5)2)14-15(12,13)8(9,10)11/h3,5-6H,4H2,1-2H3/t5-,6+/m0/s1. The highest BCUT2D eigenvalue weighted by molar-refractivity contribution is 7.87. The SMILES string of the molecule is C[C@@H]1CC(OS(=O)(=O)C(F)(F)F)=C[C@@H]1C. The second-order valence-electron chi connectivity index (χ2n) is 3.66. The number of allylic oxidation sites excluding steroid dienone is 2. The van der Waals surface area contributed by atoms with Gasteiger partial charge in [-0.05, 0) is 17.9 Å². The van der Waals surface area contributed by atoms with Crippen LogP contribution in [0.5, 0.6) is 0 Å². The van der Waals surface area contributed by atoms with E-state index in [0.717, 1.165) is 0 Å². The summed E-state index contributed by atoms with van der Waals surface area (Å²) in [5.74, 6) is 0.0131. The molecule has 0 N–H and O–H groups in total. The Morgan fingerprint density at radius 2 is 1.93 bits per heavy atom. The first-order valence-corrected chi connectivity index (χ1v) is 5.76. The minimum absolute atomic E-state index is 0.0310. The zero-order valence-electron chi connectivity index (χ0n) is 8.21. The molecule has 0 unspecified atom stereocenters. The molecule has 7 heteroatoms. The monoisotopic (exact) mass is 244 g/mol. The predicted octanol–water partition coefficient (Wildman–Crippen LogP) is 2.41. The zero-order chi connectivity index (χ0) is 11.9. The van der Waals surface area contributed by atoms with Crippen LogP contribution in [0.15, 0.2) is 11.8 Å². The fourth-order valence-electron chi connectivity index (χ4n) is 1.28. The summed E-state index contributed by atoms with van der Waals surface area (Å²) in [6.07, 6.45) is 1.63. The van der Waals surface area contributed by atoms with Gasteiger partial charge in [0.25, 0.3) is 0 Å². The molecule has 0 fully saturated rings. The van der Waals surface area contributed by atoms with Gasteiger partial charge in [0.05, 0.1) is 0 Å². The largest absolute Gasteiger partial charge is 0.534 e. The average molecular weight is 244 g/mol. The van der Waals surface area contributed by atoms with Crippen LogP contribution in [0.4, 0.5) is 13.2 Å². The molecule has 0 amide bonds. The summed E-state index contributed by atoms with van der Waals surface area (Å²) in [6, 6.07) is 0. The van der Waals surface area contributed by atoms with Gasteiger partial charge in [0, 0.05) is 6.42 Å². The summed E-state index contributed by atoms with van der Waals surface area (Å²) in [5, 5.41) is 0. The lowest BCUT2D eigenvalue weighted by molar-refractivity contribution is -0.0523. The molecular weight excluding hydrogens is 233 g/mol. The first kappa shape index (κ1) is 12.4. The van der Waals surface area contributed by atoms with Crippen molar-refractivity contribution in [3.63, 3.8) is 0 Å². The van der Waals surface area contributed by atoms with E-state index in [-0.39, 0.29) is 24.0 Å². The molecule has 0 radical (unpaired) electrons. The Balaban J connectivity index is 2.77. The molecule has 0 heterocycles. The van der Waals surface area contributed by atoms with Crippen molar-refractivity contribution in [3.05, 3.63) is 11.8 Å². The van der Waals surface area contributed by atoms with E-state index < -0.39 is 15.6 Å². The minimum atomic E-state index is -5.50. The first-order chi connectivity index (χ1) is 6.63. The van der Waals surface area contributed by atoms with Crippen molar-refractivity contribution in [2.45, 2.75) is 25.8 Å². The van der Waals surface area contributed by atoms with Crippen molar-refractivity contribution in [2.75, 3.05) is 0 Å². The van der Waals surface area contributed by atoms with Gasteiger partial charge in [0.1, 0.15) is 5.76 Å². The average Bonchev–Trinajstić information content (AvgIpc) is 2.27. The molecule has 0 aromatic heterocycles. The van der Waals surface area contributed by atoms with E-state index in [9.17, 15) is 21.6 Å². The molecule has 0 aromatic carbocycles. The lowest BCUT2D eigenvalue weighted by Crippen LogP contribution is -2.25. The van der Waals surface area contributed by atoms with Crippen molar-refractivity contribution < 1.29 is 25.8 Å². The maximum absolute atomic E-state index is 11.9. The van der Waals surface area contributed by atoms with Crippen molar-refractivity contribution in [3.8, 4) is 0 Å². The van der Waals surface area contributed by atoms with Crippen LogP contribution in [0.25, 0.3) is 0 Å². The summed E-state index contributed by atoms with van der Waals surface area (Å²) in [5.41, 5.74) is -5.36. The number of rotatable bonds is 2. The third-order valence-electron chi connectivity index (χ3n) is 2.37. The Hall–Kier alpha value is -0.720. The van der Waals surface area contributed by atoms with E-state index in [1.165, 1.54) is 6.08 Å². The molecule has 88 valence electrons. The molecule has 0 saturated heterocycles. The quantitative estimate of drug-likeness (QED) is 0.553. The van der Waals surface area contributed by atoms with Crippen LogP contribution in [0.1, 0.15) is 20.3 Å². The number of alkyl halides is 3. The summed E-state index contributed by atoms with van der Waals surface area (Å²) in [7, 11) is -5.50. The van der Waals surface area contributed by atoms with Crippen LogP contribution in [-0.2, 0) is 14.3 Å². The van der Waals surface area contributed by atoms with Gasteiger partial charge in [-0.25, -0.2) is 0 Å². The van der Waals surface area contributed by atoms with E-state index in [1.807, 2.05) is 6.92 Å². The van der Waals surface area contributed by atoms with Crippen molar-refractivity contribution in [1.82, 2.24) is 0 Å². The topological polar surface area (TPSA) is 43.4 Å². The van der Waals surface area contributed by atoms with Gasteiger partial charge in [0.2, 0.25) is 0 Å². The number of hydrogen-bond acceptors (Lipinski definition) is 3. The summed E-state index contributed by atoms with van der Waals surface area (Å²) in [4.78, 5) is 0. The Morgan fingerprint density at radius 3 is 2.27 bits per heavy atom. The zero-order valence-corrected chi connectivity index (χ0v) is 9.02. The summed E-state index contributed by atoms with van der Waals surface area (Å²) >= 11 is 0. The second kappa shape index (κ2) is 3.70. The van der Waals surface area contributed by atoms with E-state index >= 15 is 0 Å². The number of hydrogen-bond donors (Lipinski definition) is 0.